The van der Waals surface area contributed by atoms with Gasteiger partial charge in [-0.05, 0) is 6.42 Å². The molecule has 1 fully saturated rings. The van der Waals surface area contributed by atoms with E-state index >= 15 is 0 Å². The lowest BCUT2D eigenvalue weighted by atomic mass is 10.2. The Hall–Kier alpha value is -0.860. The number of hydrogen-bond acceptors (Lipinski definition) is 8. The van der Waals surface area contributed by atoms with Crippen LogP contribution in [0.25, 0.3) is 0 Å². The number of anilines is 1. The zero-order chi connectivity index (χ0) is 15.1. The van der Waals surface area contributed by atoms with Crippen molar-refractivity contribution >= 4 is 34.2 Å². The van der Waals surface area contributed by atoms with Gasteiger partial charge < -0.3 is 14.4 Å². The van der Waals surface area contributed by atoms with E-state index in [-0.39, 0.29) is 11.2 Å². The molecule has 1 aliphatic heterocycles. The molecule has 0 saturated carbocycles. The number of ether oxygens (including phenoxy) is 2. The van der Waals surface area contributed by atoms with E-state index in [1.807, 2.05) is 0 Å². The van der Waals surface area contributed by atoms with E-state index in [1.165, 1.54) is 30.2 Å². The minimum atomic E-state index is -0.194. The third-order valence-electron chi connectivity index (χ3n) is 3.20. The van der Waals surface area contributed by atoms with Crippen molar-refractivity contribution in [2.24, 2.45) is 0 Å². The van der Waals surface area contributed by atoms with Crippen LogP contribution in [0.1, 0.15) is 26.2 Å². The fourth-order valence-electron chi connectivity index (χ4n) is 2.00. The molecule has 0 amide bonds. The smallest absolute Gasteiger partial charge is 0.319 e. The van der Waals surface area contributed by atoms with E-state index < -0.39 is 0 Å². The van der Waals surface area contributed by atoms with Gasteiger partial charge in [0.2, 0.25) is 5.13 Å². The predicted molar refractivity (Wildman–Crippen MR) is 84.1 cm³/mol. The summed E-state index contributed by atoms with van der Waals surface area (Å²) in [5, 5.41) is 9.13. The standard InChI is InChI=1S/C13H21N3O3S2/c1-3-4-5-10(11(17)18-2)20-13-15-14-12(21-13)16-6-8-19-9-7-16/h10H,3-9H2,1-2H3. The lowest BCUT2D eigenvalue weighted by Crippen LogP contribution is -2.36. The number of thioether (sulfide) groups is 1. The lowest BCUT2D eigenvalue weighted by Gasteiger charge is -2.25. The third-order valence-corrected chi connectivity index (χ3v) is 5.52. The molecular weight excluding hydrogens is 310 g/mol. The molecule has 1 aromatic rings. The molecule has 0 radical (unpaired) electrons. The van der Waals surface area contributed by atoms with Crippen LogP contribution >= 0.6 is 23.1 Å². The number of esters is 1. The van der Waals surface area contributed by atoms with Crippen molar-refractivity contribution in [3.05, 3.63) is 0 Å². The van der Waals surface area contributed by atoms with E-state index in [0.717, 1.165) is 55.0 Å². The van der Waals surface area contributed by atoms with Crippen LogP contribution in [-0.2, 0) is 14.3 Å². The van der Waals surface area contributed by atoms with Crippen LogP contribution < -0.4 is 4.90 Å². The maximum Gasteiger partial charge on any atom is 0.319 e. The maximum atomic E-state index is 11.8. The van der Waals surface area contributed by atoms with E-state index in [1.54, 1.807) is 0 Å². The first-order chi connectivity index (χ1) is 10.2. The fraction of sp³-hybridized carbons (Fsp3) is 0.769. The minimum absolute atomic E-state index is 0.184. The van der Waals surface area contributed by atoms with Gasteiger partial charge >= 0.3 is 5.97 Å². The minimum Gasteiger partial charge on any atom is -0.468 e. The van der Waals surface area contributed by atoms with Gasteiger partial charge in [0.1, 0.15) is 5.25 Å². The summed E-state index contributed by atoms with van der Waals surface area (Å²) in [6.45, 7) is 5.25. The number of rotatable bonds is 7. The van der Waals surface area contributed by atoms with Gasteiger partial charge in [-0.3, -0.25) is 4.79 Å². The number of aromatic nitrogens is 2. The summed E-state index contributed by atoms with van der Waals surface area (Å²) in [6.07, 6.45) is 2.87. The second-order valence-electron chi connectivity index (χ2n) is 4.72. The van der Waals surface area contributed by atoms with E-state index in [2.05, 4.69) is 22.0 Å². The number of morpholine rings is 1. The molecule has 1 aromatic heterocycles. The summed E-state index contributed by atoms with van der Waals surface area (Å²) < 4.78 is 11.0. The highest BCUT2D eigenvalue weighted by molar-refractivity contribution is 8.02. The van der Waals surface area contributed by atoms with Crippen molar-refractivity contribution in [1.82, 2.24) is 10.2 Å². The molecule has 21 heavy (non-hydrogen) atoms. The summed E-state index contributed by atoms with van der Waals surface area (Å²) in [5.74, 6) is -0.184. The fourth-order valence-corrected chi connectivity index (χ4v) is 4.20. The number of methoxy groups -OCH3 is 1. The summed E-state index contributed by atoms with van der Waals surface area (Å²) in [5.41, 5.74) is 0. The van der Waals surface area contributed by atoms with Crippen molar-refractivity contribution in [2.75, 3.05) is 38.3 Å². The molecule has 1 unspecified atom stereocenters. The number of nitrogens with zero attached hydrogens (tertiary/aromatic N) is 3. The molecule has 0 aromatic carbocycles. The SMILES string of the molecule is CCCCC(Sc1nnc(N2CCOCC2)s1)C(=O)OC. The molecule has 1 saturated heterocycles. The van der Waals surface area contributed by atoms with Gasteiger partial charge in [0.25, 0.3) is 0 Å². The first-order valence-electron chi connectivity index (χ1n) is 7.15. The predicted octanol–water partition coefficient (Wildman–Crippen LogP) is 2.20. The Morgan fingerprint density at radius 3 is 2.90 bits per heavy atom. The Morgan fingerprint density at radius 1 is 1.48 bits per heavy atom. The van der Waals surface area contributed by atoms with Crippen molar-refractivity contribution in [1.29, 1.82) is 0 Å². The lowest BCUT2D eigenvalue weighted by molar-refractivity contribution is -0.140. The zero-order valence-electron chi connectivity index (χ0n) is 12.4. The summed E-state index contributed by atoms with van der Waals surface area (Å²) in [6, 6.07) is 0. The molecule has 0 spiro atoms. The molecule has 8 heteroatoms. The van der Waals surface area contributed by atoms with Crippen LogP contribution in [0.15, 0.2) is 4.34 Å². The van der Waals surface area contributed by atoms with Gasteiger partial charge in [0.05, 0.1) is 20.3 Å². The molecule has 118 valence electrons. The normalized spacial score (nSPS) is 16.8. The Kier molecular flexibility index (Phi) is 6.72. The van der Waals surface area contributed by atoms with E-state index in [4.69, 9.17) is 9.47 Å². The molecule has 1 atom stereocenters. The van der Waals surface area contributed by atoms with Crippen molar-refractivity contribution in [2.45, 2.75) is 35.8 Å². The average Bonchev–Trinajstić information content (AvgIpc) is 3.00. The van der Waals surface area contributed by atoms with Crippen LogP contribution in [0, 0.1) is 0 Å². The van der Waals surface area contributed by atoms with Gasteiger partial charge in [-0.25, -0.2) is 0 Å². The van der Waals surface area contributed by atoms with Gasteiger partial charge in [-0.15, -0.1) is 10.2 Å². The third kappa shape index (κ3) is 4.82. The second-order valence-corrected chi connectivity index (χ2v) is 7.13. The topological polar surface area (TPSA) is 64.5 Å². The van der Waals surface area contributed by atoms with Crippen LogP contribution in [-0.4, -0.2) is 54.8 Å². The highest BCUT2D eigenvalue weighted by Crippen LogP contribution is 2.33. The van der Waals surface area contributed by atoms with Crippen LogP contribution in [0.5, 0.6) is 0 Å². The molecule has 2 heterocycles. The maximum absolute atomic E-state index is 11.8. The first kappa shape index (κ1) is 16.5. The molecule has 0 bridgehead atoms. The summed E-state index contributed by atoms with van der Waals surface area (Å²) in [4.78, 5) is 14.0. The van der Waals surface area contributed by atoms with Crippen molar-refractivity contribution in [3.8, 4) is 0 Å². The highest BCUT2D eigenvalue weighted by atomic mass is 32.2. The molecule has 1 aliphatic rings. The molecular formula is C13H21N3O3S2. The Balaban J connectivity index is 1.96. The van der Waals surface area contributed by atoms with Gasteiger partial charge in [0, 0.05) is 13.1 Å². The zero-order valence-corrected chi connectivity index (χ0v) is 14.0. The van der Waals surface area contributed by atoms with E-state index in [0.29, 0.717) is 0 Å². The largest absolute Gasteiger partial charge is 0.468 e. The van der Waals surface area contributed by atoms with Crippen LogP contribution in [0.4, 0.5) is 5.13 Å². The highest BCUT2D eigenvalue weighted by Gasteiger charge is 2.23. The number of unbranched alkanes of at least 4 members (excludes halogenated alkanes) is 1. The molecule has 0 N–H and O–H groups in total. The monoisotopic (exact) mass is 331 g/mol. The number of hydrogen-bond donors (Lipinski definition) is 0. The van der Waals surface area contributed by atoms with Crippen LogP contribution in [0.2, 0.25) is 0 Å². The van der Waals surface area contributed by atoms with Gasteiger partial charge in [-0.2, -0.15) is 0 Å². The average molecular weight is 331 g/mol. The van der Waals surface area contributed by atoms with Gasteiger partial charge in [-0.1, -0.05) is 42.9 Å². The van der Waals surface area contributed by atoms with Crippen LogP contribution in [0.3, 0.4) is 0 Å². The first-order valence-corrected chi connectivity index (χ1v) is 8.85. The van der Waals surface area contributed by atoms with Gasteiger partial charge in [0.15, 0.2) is 4.34 Å². The molecule has 6 nitrogen and oxygen atoms in total. The summed E-state index contributed by atoms with van der Waals surface area (Å²) >= 11 is 2.99. The Bertz CT molecular complexity index is 450. The molecule has 0 aliphatic carbocycles. The van der Waals surface area contributed by atoms with Crippen molar-refractivity contribution in [3.63, 3.8) is 0 Å². The Morgan fingerprint density at radius 2 is 2.24 bits per heavy atom. The second kappa shape index (κ2) is 8.55. The van der Waals surface area contributed by atoms with E-state index in [9.17, 15) is 4.79 Å². The number of carbonyl (C=O) groups is 1. The quantitative estimate of drug-likeness (QED) is 0.560. The Labute approximate surface area is 133 Å². The molecule has 2 rings (SSSR count). The number of carbonyl (C=O) groups excluding carboxylic acids is 1. The van der Waals surface area contributed by atoms with Crippen molar-refractivity contribution < 1.29 is 14.3 Å². The summed E-state index contributed by atoms with van der Waals surface area (Å²) in [7, 11) is 1.43.